The van der Waals surface area contributed by atoms with Gasteiger partial charge < -0.3 is 14.3 Å². The number of rotatable bonds is 8. The summed E-state index contributed by atoms with van der Waals surface area (Å²) >= 11 is 0. The Morgan fingerprint density at radius 3 is 2.39 bits per heavy atom. The number of hydrogen-bond donors (Lipinski definition) is 1. The molecule has 0 fully saturated rings. The molecule has 130 valence electrons. The zero-order valence-electron chi connectivity index (χ0n) is 15.2. The van der Waals surface area contributed by atoms with Crippen molar-refractivity contribution in [3.8, 4) is 0 Å². The first kappa shape index (κ1) is 19.9. The average molecular weight is 339 g/mol. The minimum Gasteiger partial charge on any atom is -0.478 e. The maximum absolute atomic E-state index is 11.3. The van der Waals surface area contributed by atoms with Gasteiger partial charge >= 0.3 is 5.97 Å². The molecule has 0 heterocycles. The Bertz CT molecular complexity index is 520. The van der Waals surface area contributed by atoms with Crippen LogP contribution in [0, 0.1) is 0 Å². The van der Waals surface area contributed by atoms with E-state index in [1.807, 2.05) is 12.1 Å². The Balaban J connectivity index is 2.63. The molecule has 1 aromatic carbocycles. The minimum absolute atomic E-state index is 0.0222. The Hall–Kier alpha value is -1.17. The molecule has 0 aliphatic carbocycles. The standard InChI is InChI=1S/C18H30O4Si/c1-18(2,3)23(5,6)22-13-15(21-4)12-11-14-9-7-8-10-16(14)17(19)20/h7-10,15H,11-13H2,1-6H3,(H,19,20). The number of hydrogen-bond acceptors (Lipinski definition) is 3. The molecule has 0 spiro atoms. The summed E-state index contributed by atoms with van der Waals surface area (Å²) in [5.41, 5.74) is 1.21. The molecule has 0 amide bonds. The fourth-order valence-corrected chi connectivity index (χ4v) is 3.09. The Kier molecular flexibility index (Phi) is 6.98. The van der Waals surface area contributed by atoms with Crippen molar-refractivity contribution in [3.63, 3.8) is 0 Å². The summed E-state index contributed by atoms with van der Waals surface area (Å²) in [5.74, 6) is -0.882. The summed E-state index contributed by atoms with van der Waals surface area (Å²) in [6, 6.07) is 7.13. The number of benzene rings is 1. The van der Waals surface area contributed by atoms with Crippen LogP contribution >= 0.6 is 0 Å². The molecule has 1 aromatic rings. The van der Waals surface area contributed by atoms with Gasteiger partial charge in [-0.1, -0.05) is 39.0 Å². The van der Waals surface area contributed by atoms with E-state index in [4.69, 9.17) is 9.16 Å². The molecule has 0 radical (unpaired) electrons. The summed E-state index contributed by atoms with van der Waals surface area (Å²) in [4.78, 5) is 11.3. The van der Waals surface area contributed by atoms with Crippen LogP contribution in [-0.4, -0.2) is 39.2 Å². The van der Waals surface area contributed by atoms with E-state index in [1.54, 1.807) is 19.2 Å². The first-order valence-corrected chi connectivity index (χ1v) is 11.0. The summed E-state index contributed by atoms with van der Waals surface area (Å²) in [5, 5.41) is 9.41. The zero-order valence-corrected chi connectivity index (χ0v) is 16.2. The second kappa shape index (κ2) is 8.08. The summed E-state index contributed by atoms with van der Waals surface area (Å²) in [7, 11) is -0.112. The van der Waals surface area contributed by atoms with E-state index in [0.717, 1.165) is 12.0 Å². The van der Waals surface area contributed by atoms with Crippen molar-refractivity contribution in [2.24, 2.45) is 0 Å². The van der Waals surface area contributed by atoms with Crippen LogP contribution in [0.4, 0.5) is 0 Å². The quantitative estimate of drug-likeness (QED) is 0.716. The predicted octanol–water partition coefficient (Wildman–Crippen LogP) is 4.35. The number of carboxylic acid groups (broad SMARTS) is 1. The second-order valence-electron chi connectivity index (χ2n) is 7.43. The molecule has 0 aromatic heterocycles. The minimum atomic E-state index is -1.80. The van der Waals surface area contributed by atoms with E-state index in [0.29, 0.717) is 18.6 Å². The summed E-state index contributed by atoms with van der Waals surface area (Å²) in [6.45, 7) is 11.6. The van der Waals surface area contributed by atoms with Crippen LogP contribution in [0.25, 0.3) is 0 Å². The third-order valence-electron chi connectivity index (χ3n) is 4.75. The number of carboxylic acids is 1. The lowest BCUT2D eigenvalue weighted by molar-refractivity contribution is 0.0473. The van der Waals surface area contributed by atoms with Gasteiger partial charge in [0.1, 0.15) is 0 Å². The van der Waals surface area contributed by atoms with Crippen LogP contribution in [0.3, 0.4) is 0 Å². The Morgan fingerprint density at radius 2 is 1.87 bits per heavy atom. The first-order valence-electron chi connectivity index (χ1n) is 8.06. The van der Waals surface area contributed by atoms with Gasteiger partial charge in [0.2, 0.25) is 0 Å². The molecule has 4 nitrogen and oxygen atoms in total. The SMILES string of the molecule is COC(CCc1ccccc1C(=O)O)CO[Si](C)(C)C(C)(C)C. The first-order chi connectivity index (χ1) is 10.6. The van der Waals surface area contributed by atoms with Crippen LogP contribution in [-0.2, 0) is 15.6 Å². The third-order valence-corrected chi connectivity index (χ3v) is 9.25. The molecule has 0 saturated heterocycles. The molecule has 1 rings (SSSR count). The lowest BCUT2D eigenvalue weighted by Crippen LogP contribution is -2.43. The summed E-state index contributed by atoms with van der Waals surface area (Å²) in [6.07, 6.45) is 1.39. The van der Waals surface area contributed by atoms with Crippen LogP contribution in [0.15, 0.2) is 24.3 Å². The normalized spacial score (nSPS) is 13.8. The summed E-state index contributed by atoms with van der Waals surface area (Å²) < 4.78 is 11.7. The molecular formula is C18H30O4Si. The van der Waals surface area contributed by atoms with Gasteiger partial charge in [0, 0.05) is 7.11 Å². The smallest absolute Gasteiger partial charge is 0.335 e. The van der Waals surface area contributed by atoms with Crippen LogP contribution in [0.5, 0.6) is 0 Å². The van der Waals surface area contributed by atoms with Crippen molar-refractivity contribution < 1.29 is 19.1 Å². The van der Waals surface area contributed by atoms with E-state index in [2.05, 4.69) is 33.9 Å². The lowest BCUT2D eigenvalue weighted by Gasteiger charge is -2.37. The average Bonchev–Trinajstić information content (AvgIpc) is 2.46. The topological polar surface area (TPSA) is 55.8 Å². The largest absolute Gasteiger partial charge is 0.478 e. The fraction of sp³-hybridized carbons (Fsp3) is 0.611. The molecule has 23 heavy (non-hydrogen) atoms. The number of ether oxygens (including phenoxy) is 1. The number of aromatic carboxylic acids is 1. The molecule has 0 aliphatic heterocycles. The highest BCUT2D eigenvalue weighted by Gasteiger charge is 2.37. The van der Waals surface area contributed by atoms with Gasteiger partial charge in [-0.2, -0.15) is 0 Å². The van der Waals surface area contributed by atoms with E-state index >= 15 is 0 Å². The number of aryl methyl sites for hydroxylation is 1. The predicted molar refractivity (Wildman–Crippen MR) is 95.7 cm³/mol. The molecule has 0 saturated carbocycles. The van der Waals surface area contributed by atoms with Crippen molar-refractivity contribution in [3.05, 3.63) is 35.4 Å². The number of methoxy groups -OCH3 is 1. The second-order valence-corrected chi connectivity index (χ2v) is 12.2. The van der Waals surface area contributed by atoms with Gasteiger partial charge in [0.05, 0.1) is 18.3 Å². The van der Waals surface area contributed by atoms with Gasteiger partial charge in [-0.15, -0.1) is 0 Å². The van der Waals surface area contributed by atoms with E-state index in [9.17, 15) is 9.90 Å². The van der Waals surface area contributed by atoms with E-state index in [-0.39, 0.29) is 11.1 Å². The molecule has 1 atom stereocenters. The highest BCUT2D eigenvalue weighted by molar-refractivity contribution is 6.74. The molecule has 5 heteroatoms. The Labute approximate surface area is 140 Å². The van der Waals surface area contributed by atoms with Crippen molar-refractivity contribution in [2.45, 2.75) is 57.8 Å². The maximum Gasteiger partial charge on any atom is 0.335 e. The van der Waals surface area contributed by atoms with Crippen molar-refractivity contribution in [1.82, 2.24) is 0 Å². The molecular weight excluding hydrogens is 308 g/mol. The van der Waals surface area contributed by atoms with Crippen molar-refractivity contribution >= 4 is 14.3 Å². The maximum atomic E-state index is 11.3. The Morgan fingerprint density at radius 1 is 1.26 bits per heavy atom. The van der Waals surface area contributed by atoms with E-state index < -0.39 is 14.3 Å². The van der Waals surface area contributed by atoms with Crippen LogP contribution < -0.4 is 0 Å². The van der Waals surface area contributed by atoms with Gasteiger partial charge in [0.15, 0.2) is 8.32 Å². The molecule has 1 N–H and O–H groups in total. The van der Waals surface area contributed by atoms with Gasteiger partial charge in [-0.05, 0) is 42.6 Å². The molecule has 0 aliphatic rings. The highest BCUT2D eigenvalue weighted by atomic mass is 28.4. The van der Waals surface area contributed by atoms with Crippen LogP contribution in [0.1, 0.15) is 43.1 Å². The van der Waals surface area contributed by atoms with E-state index in [1.165, 1.54) is 0 Å². The molecule has 1 unspecified atom stereocenters. The third kappa shape index (κ3) is 5.75. The fourth-order valence-electron chi connectivity index (χ4n) is 2.05. The van der Waals surface area contributed by atoms with Gasteiger partial charge in [0.25, 0.3) is 0 Å². The zero-order chi connectivity index (χ0) is 17.7. The van der Waals surface area contributed by atoms with Gasteiger partial charge in [-0.3, -0.25) is 0 Å². The lowest BCUT2D eigenvalue weighted by atomic mass is 10.0. The highest BCUT2D eigenvalue weighted by Crippen LogP contribution is 2.36. The van der Waals surface area contributed by atoms with Gasteiger partial charge in [-0.25, -0.2) is 4.79 Å². The van der Waals surface area contributed by atoms with Crippen LogP contribution in [0.2, 0.25) is 18.1 Å². The molecule has 0 bridgehead atoms. The monoisotopic (exact) mass is 338 g/mol. The van der Waals surface area contributed by atoms with Crippen molar-refractivity contribution in [2.75, 3.05) is 13.7 Å². The number of carbonyl (C=O) groups is 1. The van der Waals surface area contributed by atoms with Crippen molar-refractivity contribution in [1.29, 1.82) is 0 Å².